The minimum atomic E-state index is -3.00. The zero-order valence-corrected chi connectivity index (χ0v) is 15.9. The fourth-order valence-electron chi connectivity index (χ4n) is 3.25. The zero-order valence-electron chi connectivity index (χ0n) is 15.9. The largest absolute Gasteiger partial charge is 0.434 e. The summed E-state index contributed by atoms with van der Waals surface area (Å²) in [5, 5.41) is 2.94. The molecule has 1 N–H and O–H groups in total. The Hall–Kier alpha value is -2.18. The lowest BCUT2D eigenvalue weighted by Crippen LogP contribution is -2.45. The van der Waals surface area contributed by atoms with Gasteiger partial charge in [0.05, 0.1) is 11.5 Å². The standard InChI is InChI=1S/C20H28F2N2O3/c1-14(2)7-5-11-23-18(25)15-8-6-12-24(13-15)19(26)16-9-3-4-10-17(16)27-20(21)22/h3-4,9-10,14-15,20H,5-8,11-13H2,1-2H3,(H,23,25). The predicted octanol–water partition coefficient (Wildman–Crippen LogP) is 3.69. The molecule has 2 rings (SSSR count). The molecule has 1 heterocycles. The summed E-state index contributed by atoms with van der Waals surface area (Å²) in [5.41, 5.74) is 0.0933. The highest BCUT2D eigenvalue weighted by Gasteiger charge is 2.30. The van der Waals surface area contributed by atoms with Gasteiger partial charge in [-0.3, -0.25) is 9.59 Å². The van der Waals surface area contributed by atoms with Gasteiger partial charge < -0.3 is 15.0 Å². The van der Waals surface area contributed by atoms with Crippen LogP contribution in [0.3, 0.4) is 0 Å². The number of ether oxygens (including phenoxy) is 1. The van der Waals surface area contributed by atoms with Crippen LogP contribution in [0.1, 0.15) is 49.9 Å². The Morgan fingerprint density at radius 2 is 2.04 bits per heavy atom. The van der Waals surface area contributed by atoms with Crippen molar-refractivity contribution in [3.63, 3.8) is 0 Å². The second kappa shape index (κ2) is 10.2. The van der Waals surface area contributed by atoms with E-state index in [0.717, 1.165) is 19.3 Å². The highest BCUT2D eigenvalue weighted by atomic mass is 19.3. The van der Waals surface area contributed by atoms with Gasteiger partial charge >= 0.3 is 6.61 Å². The minimum absolute atomic E-state index is 0.0478. The number of likely N-dealkylation sites (tertiary alicyclic amines) is 1. The molecule has 1 atom stereocenters. The zero-order chi connectivity index (χ0) is 19.8. The maximum absolute atomic E-state index is 12.8. The van der Waals surface area contributed by atoms with Crippen molar-refractivity contribution in [1.82, 2.24) is 10.2 Å². The van der Waals surface area contributed by atoms with E-state index in [2.05, 4.69) is 23.9 Å². The van der Waals surface area contributed by atoms with Gasteiger partial charge in [0.1, 0.15) is 5.75 Å². The number of carbonyl (C=O) groups excluding carboxylic acids is 2. The average molecular weight is 382 g/mol. The molecule has 0 radical (unpaired) electrons. The van der Waals surface area contributed by atoms with E-state index in [0.29, 0.717) is 25.4 Å². The molecule has 0 spiro atoms. The number of piperidine rings is 1. The number of amides is 2. The summed E-state index contributed by atoms with van der Waals surface area (Å²) in [4.78, 5) is 26.7. The van der Waals surface area contributed by atoms with Crippen LogP contribution in [-0.4, -0.2) is 43.0 Å². The van der Waals surface area contributed by atoms with Crippen molar-refractivity contribution >= 4 is 11.8 Å². The van der Waals surface area contributed by atoms with Crippen LogP contribution in [0.4, 0.5) is 8.78 Å². The Morgan fingerprint density at radius 3 is 2.74 bits per heavy atom. The third-order valence-electron chi connectivity index (χ3n) is 4.67. The molecule has 1 aliphatic rings. The summed E-state index contributed by atoms with van der Waals surface area (Å²) in [6.07, 6.45) is 3.40. The number of hydrogen-bond acceptors (Lipinski definition) is 3. The molecular formula is C20H28F2N2O3. The summed E-state index contributed by atoms with van der Waals surface area (Å²) in [6, 6.07) is 5.96. The Balaban J connectivity index is 1.95. The molecule has 2 amide bonds. The van der Waals surface area contributed by atoms with Gasteiger partial charge in [-0.2, -0.15) is 8.78 Å². The average Bonchev–Trinajstić information content (AvgIpc) is 2.64. The highest BCUT2D eigenvalue weighted by Crippen LogP contribution is 2.25. The lowest BCUT2D eigenvalue weighted by atomic mass is 9.96. The number of para-hydroxylation sites is 1. The van der Waals surface area contributed by atoms with Crippen LogP contribution in [0, 0.1) is 11.8 Å². The molecule has 1 unspecified atom stereocenters. The van der Waals surface area contributed by atoms with Gasteiger partial charge in [0.2, 0.25) is 5.91 Å². The Labute approximate surface area is 159 Å². The second-order valence-electron chi connectivity index (χ2n) is 7.29. The SMILES string of the molecule is CC(C)CCCNC(=O)C1CCCN(C(=O)c2ccccc2OC(F)F)C1. The lowest BCUT2D eigenvalue weighted by molar-refractivity contribution is -0.126. The molecule has 5 nitrogen and oxygen atoms in total. The van der Waals surface area contributed by atoms with Crippen molar-refractivity contribution in [3.05, 3.63) is 29.8 Å². The smallest absolute Gasteiger partial charge is 0.387 e. The minimum Gasteiger partial charge on any atom is -0.434 e. The van der Waals surface area contributed by atoms with Crippen LogP contribution in [0.15, 0.2) is 24.3 Å². The van der Waals surface area contributed by atoms with Crippen LogP contribution in [-0.2, 0) is 4.79 Å². The number of nitrogens with one attached hydrogen (secondary N) is 1. The third kappa shape index (κ3) is 6.48. The molecule has 1 aromatic rings. The van der Waals surface area contributed by atoms with Crippen molar-refractivity contribution in [2.75, 3.05) is 19.6 Å². The maximum Gasteiger partial charge on any atom is 0.387 e. The molecular weight excluding hydrogens is 354 g/mol. The Kier molecular flexibility index (Phi) is 8.00. The molecule has 0 saturated carbocycles. The number of hydrogen-bond donors (Lipinski definition) is 1. The molecule has 1 aromatic carbocycles. The third-order valence-corrected chi connectivity index (χ3v) is 4.67. The van der Waals surface area contributed by atoms with Crippen LogP contribution in [0.5, 0.6) is 5.75 Å². The van der Waals surface area contributed by atoms with Gasteiger partial charge in [-0.1, -0.05) is 26.0 Å². The number of halogens is 2. The number of nitrogens with zero attached hydrogens (tertiary/aromatic N) is 1. The maximum atomic E-state index is 12.8. The van der Waals surface area contributed by atoms with E-state index in [1.54, 1.807) is 11.0 Å². The molecule has 1 fully saturated rings. The lowest BCUT2D eigenvalue weighted by Gasteiger charge is -2.32. The predicted molar refractivity (Wildman–Crippen MR) is 98.8 cm³/mol. The first-order valence-corrected chi connectivity index (χ1v) is 9.49. The first-order valence-electron chi connectivity index (χ1n) is 9.49. The van der Waals surface area contributed by atoms with Gasteiger partial charge in [-0.25, -0.2) is 0 Å². The monoisotopic (exact) mass is 382 g/mol. The molecule has 0 bridgehead atoms. The first kappa shape index (κ1) is 21.1. The quantitative estimate of drug-likeness (QED) is 0.698. The van der Waals surface area contributed by atoms with E-state index in [9.17, 15) is 18.4 Å². The van der Waals surface area contributed by atoms with Gasteiger partial charge in [0, 0.05) is 19.6 Å². The van der Waals surface area contributed by atoms with Crippen LogP contribution in [0.2, 0.25) is 0 Å². The molecule has 1 saturated heterocycles. The van der Waals surface area contributed by atoms with Crippen molar-refractivity contribution in [3.8, 4) is 5.75 Å². The van der Waals surface area contributed by atoms with Gasteiger partial charge in [-0.15, -0.1) is 0 Å². The van der Waals surface area contributed by atoms with Crippen LogP contribution >= 0.6 is 0 Å². The number of alkyl halides is 2. The summed E-state index contributed by atoms with van der Waals surface area (Å²) in [7, 11) is 0. The van der Waals surface area contributed by atoms with E-state index in [1.807, 2.05) is 0 Å². The number of rotatable bonds is 8. The summed E-state index contributed by atoms with van der Waals surface area (Å²) in [5.74, 6) is -0.250. The number of benzene rings is 1. The van der Waals surface area contributed by atoms with Gasteiger partial charge in [0.25, 0.3) is 5.91 Å². The van der Waals surface area contributed by atoms with Crippen LogP contribution < -0.4 is 10.1 Å². The topological polar surface area (TPSA) is 58.6 Å². The van der Waals surface area contributed by atoms with Crippen molar-refractivity contribution in [2.45, 2.75) is 46.1 Å². The Morgan fingerprint density at radius 1 is 1.30 bits per heavy atom. The van der Waals surface area contributed by atoms with E-state index in [1.165, 1.54) is 18.2 Å². The Bertz CT molecular complexity index is 637. The van der Waals surface area contributed by atoms with Crippen molar-refractivity contribution < 1.29 is 23.1 Å². The summed E-state index contributed by atoms with van der Waals surface area (Å²) in [6.45, 7) is 2.71. The summed E-state index contributed by atoms with van der Waals surface area (Å²) < 4.78 is 29.6. The molecule has 0 aromatic heterocycles. The van der Waals surface area contributed by atoms with Crippen molar-refractivity contribution in [2.24, 2.45) is 11.8 Å². The molecule has 150 valence electrons. The molecule has 27 heavy (non-hydrogen) atoms. The second-order valence-corrected chi connectivity index (χ2v) is 7.29. The highest BCUT2D eigenvalue weighted by molar-refractivity contribution is 5.97. The number of carbonyl (C=O) groups is 2. The normalized spacial score (nSPS) is 17.3. The molecule has 1 aliphatic heterocycles. The van der Waals surface area contributed by atoms with Gasteiger partial charge in [0.15, 0.2) is 0 Å². The first-order chi connectivity index (χ1) is 12.9. The van der Waals surface area contributed by atoms with Crippen molar-refractivity contribution in [1.29, 1.82) is 0 Å². The van der Waals surface area contributed by atoms with E-state index >= 15 is 0 Å². The van der Waals surface area contributed by atoms with E-state index in [-0.39, 0.29) is 35.6 Å². The van der Waals surface area contributed by atoms with Crippen LogP contribution in [0.25, 0.3) is 0 Å². The van der Waals surface area contributed by atoms with Gasteiger partial charge in [-0.05, 0) is 43.7 Å². The fourth-order valence-corrected chi connectivity index (χ4v) is 3.25. The van der Waals surface area contributed by atoms with E-state index < -0.39 is 6.61 Å². The molecule has 7 heteroatoms. The van der Waals surface area contributed by atoms with E-state index in [4.69, 9.17) is 0 Å². The summed E-state index contributed by atoms with van der Waals surface area (Å²) >= 11 is 0. The fraction of sp³-hybridized carbons (Fsp3) is 0.600. The molecule has 0 aliphatic carbocycles.